The van der Waals surface area contributed by atoms with Crippen molar-refractivity contribution in [1.29, 1.82) is 0 Å². The Morgan fingerprint density at radius 3 is 2.00 bits per heavy atom. The third-order valence-electron chi connectivity index (χ3n) is 1.15. The summed E-state index contributed by atoms with van der Waals surface area (Å²) < 4.78 is 0. The molecule has 0 bridgehead atoms. The zero-order valence-electron chi connectivity index (χ0n) is 5.36. The molecule has 0 amide bonds. The van der Waals surface area contributed by atoms with Crippen LogP contribution in [0.25, 0.3) is 0 Å². The summed E-state index contributed by atoms with van der Waals surface area (Å²) in [5, 5.41) is 0. The van der Waals surface area contributed by atoms with Crippen LogP contribution in [0, 0.1) is 12.5 Å². The summed E-state index contributed by atoms with van der Waals surface area (Å²) in [6.45, 7) is 11.8. The highest BCUT2D eigenvalue weighted by atomic mass is 14.0. The van der Waals surface area contributed by atoms with Gasteiger partial charge in [-0.15, -0.1) is 0 Å². The SMILES string of the molecule is [CH]=C(CC)C(C)C. The van der Waals surface area contributed by atoms with Crippen molar-refractivity contribution in [2.24, 2.45) is 5.92 Å². The highest BCUT2D eigenvalue weighted by Crippen LogP contribution is 2.08. The van der Waals surface area contributed by atoms with Gasteiger partial charge >= 0.3 is 0 Å². The van der Waals surface area contributed by atoms with Gasteiger partial charge in [-0.25, -0.2) is 0 Å². The highest BCUT2D eigenvalue weighted by molar-refractivity contribution is 4.92. The van der Waals surface area contributed by atoms with E-state index in [0.29, 0.717) is 5.92 Å². The molecule has 0 aromatic heterocycles. The molecule has 0 spiro atoms. The second-order valence-electron chi connectivity index (χ2n) is 2.08. The van der Waals surface area contributed by atoms with Crippen molar-refractivity contribution < 1.29 is 0 Å². The molecule has 0 aliphatic heterocycles. The first-order chi connectivity index (χ1) is 3.18. The Balaban J connectivity index is 3.35. The average Bonchev–Trinajstić information content (AvgIpc) is 1.65. The van der Waals surface area contributed by atoms with E-state index in [1.54, 1.807) is 0 Å². The summed E-state index contributed by atoms with van der Waals surface area (Å²) >= 11 is 0. The van der Waals surface area contributed by atoms with Crippen LogP contribution in [0.5, 0.6) is 0 Å². The Morgan fingerprint density at radius 1 is 1.57 bits per heavy atom. The molecule has 1 radical (unpaired) electrons. The predicted molar refractivity (Wildman–Crippen MR) is 32.9 cm³/mol. The molecule has 0 N–H and O–H groups in total. The van der Waals surface area contributed by atoms with Crippen molar-refractivity contribution in [3.05, 3.63) is 12.2 Å². The van der Waals surface area contributed by atoms with E-state index in [2.05, 4.69) is 20.8 Å². The molecule has 7 heavy (non-hydrogen) atoms. The third-order valence-corrected chi connectivity index (χ3v) is 1.15. The van der Waals surface area contributed by atoms with Crippen LogP contribution in [0.4, 0.5) is 0 Å². The zero-order chi connectivity index (χ0) is 5.86. The van der Waals surface area contributed by atoms with Gasteiger partial charge in [0.05, 0.1) is 0 Å². The molecule has 0 saturated heterocycles. The van der Waals surface area contributed by atoms with Crippen LogP contribution in [0.15, 0.2) is 5.57 Å². The predicted octanol–water partition coefficient (Wildman–Crippen LogP) is 2.41. The first kappa shape index (κ1) is 6.74. The van der Waals surface area contributed by atoms with Gasteiger partial charge in [0.25, 0.3) is 0 Å². The second kappa shape index (κ2) is 2.84. The maximum atomic E-state index is 5.53. The normalized spacial score (nSPS) is 9.71. The monoisotopic (exact) mass is 97.1 g/mol. The lowest BCUT2D eigenvalue weighted by atomic mass is 10.0. The van der Waals surface area contributed by atoms with E-state index in [4.69, 9.17) is 6.58 Å². The van der Waals surface area contributed by atoms with Gasteiger partial charge in [0, 0.05) is 0 Å². The van der Waals surface area contributed by atoms with E-state index in [9.17, 15) is 0 Å². The van der Waals surface area contributed by atoms with Crippen molar-refractivity contribution in [1.82, 2.24) is 0 Å². The first-order valence-electron chi connectivity index (χ1n) is 2.79. The van der Waals surface area contributed by atoms with Gasteiger partial charge in [0.15, 0.2) is 0 Å². The largest absolute Gasteiger partial charge is 0.0679 e. The van der Waals surface area contributed by atoms with E-state index in [-0.39, 0.29) is 0 Å². The molecule has 0 unspecified atom stereocenters. The smallest absolute Gasteiger partial charge is 0.0257 e. The van der Waals surface area contributed by atoms with Crippen LogP contribution in [-0.4, -0.2) is 0 Å². The first-order valence-corrected chi connectivity index (χ1v) is 2.79. The minimum absolute atomic E-state index is 0.560. The van der Waals surface area contributed by atoms with Gasteiger partial charge in [0.1, 0.15) is 0 Å². The quantitative estimate of drug-likeness (QED) is 0.496. The van der Waals surface area contributed by atoms with Crippen molar-refractivity contribution in [2.75, 3.05) is 0 Å². The molecule has 0 rings (SSSR count). The van der Waals surface area contributed by atoms with Crippen LogP contribution in [0.3, 0.4) is 0 Å². The molecule has 0 heterocycles. The molecular weight excluding hydrogens is 84.1 g/mol. The number of hydrogen-bond acceptors (Lipinski definition) is 0. The molecule has 0 heteroatoms. The molecule has 0 saturated carbocycles. The van der Waals surface area contributed by atoms with Crippen LogP contribution >= 0.6 is 0 Å². The number of hydrogen-bond donors (Lipinski definition) is 0. The summed E-state index contributed by atoms with van der Waals surface area (Å²) in [4.78, 5) is 0. The number of allylic oxidation sites excluding steroid dienone is 1. The standard InChI is InChI=1S/C7H13/c1-5-7(4)6(2)3/h4,6H,5H2,1-3H3. The molecule has 0 aliphatic rings. The van der Waals surface area contributed by atoms with Crippen LogP contribution in [0.1, 0.15) is 27.2 Å². The summed E-state index contributed by atoms with van der Waals surface area (Å²) in [5.41, 5.74) is 1.10. The summed E-state index contributed by atoms with van der Waals surface area (Å²) in [6.07, 6.45) is 1.01. The van der Waals surface area contributed by atoms with Gasteiger partial charge in [-0.1, -0.05) is 32.9 Å². The lowest BCUT2D eigenvalue weighted by Gasteiger charge is -2.02. The Hall–Kier alpha value is -0.260. The summed E-state index contributed by atoms with van der Waals surface area (Å²) in [7, 11) is 0. The molecule has 0 nitrogen and oxygen atoms in total. The van der Waals surface area contributed by atoms with E-state index in [1.165, 1.54) is 0 Å². The topological polar surface area (TPSA) is 0 Å². The third kappa shape index (κ3) is 2.44. The molecule has 0 fully saturated rings. The van der Waals surface area contributed by atoms with Gasteiger partial charge in [0.2, 0.25) is 0 Å². The van der Waals surface area contributed by atoms with Crippen molar-refractivity contribution in [3.8, 4) is 0 Å². The average molecular weight is 97.2 g/mol. The van der Waals surface area contributed by atoms with Gasteiger partial charge < -0.3 is 0 Å². The maximum absolute atomic E-state index is 5.53. The van der Waals surface area contributed by atoms with Crippen molar-refractivity contribution >= 4 is 0 Å². The van der Waals surface area contributed by atoms with Crippen molar-refractivity contribution in [2.45, 2.75) is 27.2 Å². The zero-order valence-corrected chi connectivity index (χ0v) is 5.36. The van der Waals surface area contributed by atoms with Crippen LogP contribution in [-0.2, 0) is 0 Å². The van der Waals surface area contributed by atoms with E-state index in [0.717, 1.165) is 12.0 Å². The lowest BCUT2D eigenvalue weighted by Crippen LogP contribution is -1.88. The second-order valence-corrected chi connectivity index (χ2v) is 2.08. The number of rotatable bonds is 2. The molecule has 41 valence electrons. The van der Waals surface area contributed by atoms with Gasteiger partial charge in [-0.3, -0.25) is 0 Å². The fourth-order valence-electron chi connectivity index (χ4n) is 0.408. The summed E-state index contributed by atoms with van der Waals surface area (Å²) in [6, 6.07) is 0. The van der Waals surface area contributed by atoms with Gasteiger partial charge in [-0.05, 0) is 12.3 Å². The van der Waals surface area contributed by atoms with Crippen LogP contribution < -0.4 is 0 Å². The van der Waals surface area contributed by atoms with E-state index < -0.39 is 0 Å². The molecular formula is C7H13. The molecule has 0 aromatic rings. The Kier molecular flexibility index (Phi) is 2.73. The van der Waals surface area contributed by atoms with E-state index >= 15 is 0 Å². The maximum Gasteiger partial charge on any atom is -0.0257 e. The minimum Gasteiger partial charge on any atom is -0.0679 e. The Labute approximate surface area is 46.2 Å². The van der Waals surface area contributed by atoms with Gasteiger partial charge in [-0.2, -0.15) is 0 Å². The van der Waals surface area contributed by atoms with Crippen molar-refractivity contribution in [3.63, 3.8) is 0 Å². The minimum atomic E-state index is 0.560. The fourth-order valence-corrected chi connectivity index (χ4v) is 0.408. The lowest BCUT2D eigenvalue weighted by molar-refractivity contribution is 0.733. The Bertz CT molecular complexity index is 60.4. The molecule has 0 aliphatic carbocycles. The highest BCUT2D eigenvalue weighted by Gasteiger charge is 1.93. The molecule has 0 aromatic carbocycles. The molecule has 0 atom stereocenters. The summed E-state index contributed by atoms with van der Waals surface area (Å²) in [5.74, 6) is 0.560. The van der Waals surface area contributed by atoms with Crippen LogP contribution in [0.2, 0.25) is 0 Å². The fraction of sp³-hybridized carbons (Fsp3) is 0.714. The Morgan fingerprint density at radius 2 is 2.00 bits per heavy atom. The van der Waals surface area contributed by atoms with E-state index in [1.807, 2.05) is 0 Å².